The summed E-state index contributed by atoms with van der Waals surface area (Å²) in [4.78, 5) is 14.4. The molecule has 1 unspecified atom stereocenters. The first-order valence-electron chi connectivity index (χ1n) is 6.26. The largest absolute Gasteiger partial charge is 0.455 e. The number of nitro benzene ring substituents is 1. The Morgan fingerprint density at radius 1 is 1.38 bits per heavy atom. The molecule has 6 nitrogen and oxygen atoms in total. The van der Waals surface area contributed by atoms with Crippen molar-refractivity contribution in [3.8, 4) is 11.5 Å². The van der Waals surface area contributed by atoms with Crippen molar-refractivity contribution in [1.82, 2.24) is 4.98 Å². The smallest absolute Gasteiger partial charge is 0.274 e. The zero-order valence-corrected chi connectivity index (χ0v) is 12.8. The first kappa shape index (κ1) is 15.4. The Labute approximate surface area is 129 Å². The molecule has 1 heterocycles. The zero-order chi connectivity index (χ0) is 15.4. The Kier molecular flexibility index (Phi) is 4.87. The number of rotatable bonds is 5. The van der Waals surface area contributed by atoms with E-state index in [1.54, 1.807) is 18.2 Å². The number of hydrogen-bond acceptors (Lipinski definition) is 5. The fraction of sp³-hybridized carbons (Fsp3) is 0.214. The van der Waals surface area contributed by atoms with Gasteiger partial charge in [0.2, 0.25) is 0 Å². The van der Waals surface area contributed by atoms with Gasteiger partial charge in [0.25, 0.3) is 5.69 Å². The summed E-state index contributed by atoms with van der Waals surface area (Å²) in [6, 6.07) is 7.68. The van der Waals surface area contributed by atoms with Crippen molar-refractivity contribution in [3.05, 3.63) is 56.8 Å². The van der Waals surface area contributed by atoms with Gasteiger partial charge in [-0.2, -0.15) is 0 Å². The minimum Gasteiger partial charge on any atom is -0.455 e. The lowest BCUT2D eigenvalue weighted by atomic mass is 10.2. The number of aliphatic hydroxyl groups is 1. The predicted molar refractivity (Wildman–Crippen MR) is 80.4 cm³/mol. The molecule has 1 aromatic carbocycles. The summed E-state index contributed by atoms with van der Waals surface area (Å²) < 4.78 is 6.09. The van der Waals surface area contributed by atoms with Gasteiger partial charge in [0.05, 0.1) is 29.0 Å². The van der Waals surface area contributed by atoms with Crippen LogP contribution in [0.1, 0.15) is 25.1 Å². The van der Waals surface area contributed by atoms with Crippen LogP contribution in [-0.4, -0.2) is 15.0 Å². The van der Waals surface area contributed by atoms with Gasteiger partial charge in [0.1, 0.15) is 11.5 Å². The van der Waals surface area contributed by atoms with E-state index in [1.165, 1.54) is 18.3 Å². The third-order valence-electron chi connectivity index (χ3n) is 2.79. The first-order valence-corrected chi connectivity index (χ1v) is 7.05. The van der Waals surface area contributed by atoms with Gasteiger partial charge in [0.15, 0.2) is 0 Å². The quantitative estimate of drug-likeness (QED) is 0.649. The maximum atomic E-state index is 10.8. The summed E-state index contributed by atoms with van der Waals surface area (Å²) >= 11 is 3.20. The number of nitrogens with zero attached hydrogens (tertiary/aromatic N) is 2. The van der Waals surface area contributed by atoms with E-state index in [4.69, 9.17) is 4.74 Å². The Hall–Kier alpha value is -1.99. The average molecular weight is 353 g/mol. The lowest BCUT2D eigenvalue weighted by Gasteiger charge is -2.09. The van der Waals surface area contributed by atoms with Crippen LogP contribution < -0.4 is 4.74 Å². The zero-order valence-electron chi connectivity index (χ0n) is 11.2. The molecule has 1 aromatic heterocycles. The SMILES string of the molecule is CCC(O)c1ccc(Oc2cc(Br)cc([N+](=O)[O-])c2)cn1. The van der Waals surface area contributed by atoms with E-state index in [-0.39, 0.29) is 5.69 Å². The molecule has 0 fully saturated rings. The van der Waals surface area contributed by atoms with E-state index in [0.29, 0.717) is 28.1 Å². The van der Waals surface area contributed by atoms with Crippen molar-refractivity contribution in [2.75, 3.05) is 0 Å². The lowest BCUT2D eigenvalue weighted by molar-refractivity contribution is -0.385. The Balaban J connectivity index is 2.20. The molecule has 2 rings (SSSR count). The van der Waals surface area contributed by atoms with Crippen LogP contribution in [0.4, 0.5) is 5.69 Å². The first-order chi connectivity index (χ1) is 9.99. The van der Waals surface area contributed by atoms with Crippen LogP contribution in [0.5, 0.6) is 11.5 Å². The van der Waals surface area contributed by atoms with E-state index in [9.17, 15) is 15.2 Å². The fourth-order valence-electron chi connectivity index (χ4n) is 1.71. The van der Waals surface area contributed by atoms with Crippen molar-refractivity contribution in [2.24, 2.45) is 0 Å². The third-order valence-corrected chi connectivity index (χ3v) is 3.25. The summed E-state index contributed by atoms with van der Waals surface area (Å²) in [6.07, 6.45) is 1.44. The van der Waals surface area contributed by atoms with Gasteiger partial charge < -0.3 is 9.84 Å². The number of ether oxygens (including phenoxy) is 1. The van der Waals surface area contributed by atoms with Crippen molar-refractivity contribution in [3.63, 3.8) is 0 Å². The van der Waals surface area contributed by atoms with Crippen molar-refractivity contribution >= 4 is 21.6 Å². The van der Waals surface area contributed by atoms with E-state index in [1.807, 2.05) is 6.92 Å². The highest BCUT2D eigenvalue weighted by atomic mass is 79.9. The Morgan fingerprint density at radius 2 is 2.14 bits per heavy atom. The summed E-state index contributed by atoms with van der Waals surface area (Å²) in [6.45, 7) is 1.86. The van der Waals surface area contributed by atoms with Gasteiger partial charge in [0, 0.05) is 10.5 Å². The molecule has 0 spiro atoms. The molecule has 0 saturated heterocycles. The second kappa shape index (κ2) is 6.64. The molecule has 1 atom stereocenters. The monoisotopic (exact) mass is 352 g/mol. The van der Waals surface area contributed by atoms with Gasteiger partial charge in [-0.15, -0.1) is 0 Å². The molecular formula is C14H13BrN2O4. The summed E-state index contributed by atoms with van der Waals surface area (Å²) in [5, 5.41) is 20.5. The minimum atomic E-state index is -0.606. The molecule has 0 aliphatic heterocycles. The van der Waals surface area contributed by atoms with Crippen molar-refractivity contribution in [1.29, 1.82) is 0 Å². The number of hydrogen-bond donors (Lipinski definition) is 1. The molecule has 0 saturated carbocycles. The van der Waals surface area contributed by atoms with Gasteiger partial charge in [-0.05, 0) is 24.6 Å². The molecule has 2 aromatic rings. The molecule has 0 aliphatic carbocycles. The number of benzene rings is 1. The van der Waals surface area contributed by atoms with Crippen LogP contribution in [-0.2, 0) is 0 Å². The molecule has 0 amide bonds. The molecular weight excluding hydrogens is 340 g/mol. The fourth-order valence-corrected chi connectivity index (χ4v) is 2.17. The van der Waals surface area contributed by atoms with Crippen molar-refractivity contribution in [2.45, 2.75) is 19.4 Å². The molecule has 1 N–H and O–H groups in total. The molecule has 21 heavy (non-hydrogen) atoms. The second-order valence-electron chi connectivity index (χ2n) is 4.35. The maximum Gasteiger partial charge on any atom is 0.274 e. The van der Waals surface area contributed by atoms with E-state index < -0.39 is 11.0 Å². The van der Waals surface area contributed by atoms with Gasteiger partial charge in [-0.1, -0.05) is 22.9 Å². The topological polar surface area (TPSA) is 85.5 Å². The van der Waals surface area contributed by atoms with Crippen LogP contribution in [0.15, 0.2) is 41.0 Å². The summed E-state index contributed by atoms with van der Waals surface area (Å²) in [5.74, 6) is 0.774. The average Bonchev–Trinajstić information content (AvgIpc) is 2.46. The van der Waals surface area contributed by atoms with Crippen LogP contribution in [0, 0.1) is 10.1 Å². The highest BCUT2D eigenvalue weighted by Crippen LogP contribution is 2.29. The van der Waals surface area contributed by atoms with Crippen molar-refractivity contribution < 1.29 is 14.8 Å². The normalized spacial score (nSPS) is 12.0. The lowest BCUT2D eigenvalue weighted by Crippen LogP contribution is -1.98. The predicted octanol–water partition coefficient (Wildman–Crippen LogP) is 3.99. The molecule has 7 heteroatoms. The van der Waals surface area contributed by atoms with Crippen LogP contribution in [0.25, 0.3) is 0 Å². The van der Waals surface area contributed by atoms with E-state index >= 15 is 0 Å². The number of aliphatic hydroxyl groups excluding tert-OH is 1. The number of pyridine rings is 1. The highest BCUT2D eigenvalue weighted by molar-refractivity contribution is 9.10. The summed E-state index contributed by atoms with van der Waals surface area (Å²) in [7, 11) is 0. The third kappa shape index (κ3) is 3.99. The number of non-ortho nitro benzene ring substituents is 1. The van der Waals surface area contributed by atoms with Crippen LogP contribution >= 0.6 is 15.9 Å². The number of aromatic nitrogens is 1. The van der Waals surface area contributed by atoms with E-state index in [0.717, 1.165) is 0 Å². The van der Waals surface area contributed by atoms with Gasteiger partial charge in [-0.3, -0.25) is 15.1 Å². The van der Waals surface area contributed by atoms with Gasteiger partial charge >= 0.3 is 0 Å². The van der Waals surface area contributed by atoms with Gasteiger partial charge in [-0.25, -0.2) is 0 Å². The standard InChI is InChI=1S/C14H13BrN2O4/c1-2-14(18)13-4-3-11(8-16-13)21-12-6-9(15)5-10(7-12)17(19)20/h3-8,14,18H,2H2,1H3. The minimum absolute atomic E-state index is 0.0645. The second-order valence-corrected chi connectivity index (χ2v) is 5.26. The number of halogens is 1. The molecule has 0 aliphatic rings. The number of nitro groups is 1. The van der Waals surface area contributed by atoms with Crippen LogP contribution in [0.3, 0.4) is 0 Å². The molecule has 0 bridgehead atoms. The summed E-state index contributed by atoms with van der Waals surface area (Å²) in [5.41, 5.74) is 0.496. The molecule has 0 radical (unpaired) electrons. The molecule has 110 valence electrons. The Morgan fingerprint density at radius 3 is 2.71 bits per heavy atom. The Bertz CT molecular complexity index is 646. The van der Waals surface area contributed by atoms with E-state index in [2.05, 4.69) is 20.9 Å². The van der Waals surface area contributed by atoms with Crippen LogP contribution in [0.2, 0.25) is 0 Å². The highest BCUT2D eigenvalue weighted by Gasteiger charge is 2.11. The maximum absolute atomic E-state index is 10.8.